The van der Waals surface area contributed by atoms with Gasteiger partial charge in [-0.1, -0.05) is 172 Å². The van der Waals surface area contributed by atoms with E-state index in [4.69, 9.17) is 0 Å². The van der Waals surface area contributed by atoms with Crippen molar-refractivity contribution in [2.75, 3.05) is 0 Å². The van der Waals surface area contributed by atoms with Crippen LogP contribution in [0.3, 0.4) is 0 Å². The van der Waals surface area contributed by atoms with Crippen LogP contribution in [0.4, 0.5) is 0 Å². The lowest BCUT2D eigenvalue weighted by atomic mass is 9.81. The summed E-state index contributed by atoms with van der Waals surface area (Å²) >= 11 is 0. The van der Waals surface area contributed by atoms with Gasteiger partial charge in [0.25, 0.3) is 0 Å². The average Bonchev–Trinajstić information content (AvgIpc) is 3.46. The van der Waals surface area contributed by atoms with Crippen molar-refractivity contribution in [2.24, 2.45) is 0 Å². The summed E-state index contributed by atoms with van der Waals surface area (Å²) < 4.78 is 0. The molecule has 0 N–H and O–H groups in total. The van der Waals surface area contributed by atoms with Gasteiger partial charge in [0.1, 0.15) is 0 Å². The van der Waals surface area contributed by atoms with Crippen LogP contribution in [0.5, 0.6) is 0 Å². The molecule has 0 atom stereocenters. The number of rotatable bonds is 4. The van der Waals surface area contributed by atoms with Crippen LogP contribution in [0.15, 0.2) is 194 Å². The van der Waals surface area contributed by atoms with Crippen LogP contribution in [-0.4, -0.2) is 0 Å². The smallest absolute Gasteiger partial charge is 0.0159 e. The Morgan fingerprint density at radius 3 is 1.27 bits per heavy atom. The Hall–Kier alpha value is -6.76. The summed E-state index contributed by atoms with van der Waals surface area (Å²) in [7, 11) is 0. The van der Waals surface area contributed by atoms with Gasteiger partial charge in [-0.05, 0) is 146 Å². The third kappa shape index (κ3) is 4.99. The van der Waals surface area contributed by atoms with Crippen LogP contribution in [0, 0.1) is 0 Å². The van der Waals surface area contributed by atoms with Crippen molar-refractivity contribution in [1.82, 2.24) is 0 Å². The van der Waals surface area contributed by atoms with Gasteiger partial charge in [-0.3, -0.25) is 0 Å². The van der Waals surface area contributed by atoms with Gasteiger partial charge in [-0.25, -0.2) is 0 Å². The summed E-state index contributed by atoms with van der Waals surface area (Å²) in [6.07, 6.45) is 0. The highest BCUT2D eigenvalue weighted by Gasteiger charge is 2.35. The average molecular weight is 699 g/mol. The van der Waals surface area contributed by atoms with Crippen molar-refractivity contribution in [3.63, 3.8) is 0 Å². The SMILES string of the molecule is CC1(C)c2ccc(-c3cccc(-c4c5ccccc5c(-c5cccc(-c6ccc7ccccc7c6)c5)c5ccccc45)c3)cc2-c2cc3ccccc3cc21. The molecule has 55 heavy (non-hydrogen) atoms. The fraction of sp³-hybridized carbons (Fsp3) is 0.0545. The molecule has 0 saturated heterocycles. The quantitative estimate of drug-likeness (QED) is 0.161. The summed E-state index contributed by atoms with van der Waals surface area (Å²) in [5.74, 6) is 0. The second kappa shape index (κ2) is 12.1. The molecule has 0 unspecified atom stereocenters. The van der Waals surface area contributed by atoms with Gasteiger partial charge < -0.3 is 0 Å². The predicted molar refractivity (Wildman–Crippen MR) is 236 cm³/mol. The van der Waals surface area contributed by atoms with E-state index in [-0.39, 0.29) is 5.41 Å². The minimum atomic E-state index is -0.0519. The van der Waals surface area contributed by atoms with E-state index in [1.165, 1.54) is 110 Å². The minimum absolute atomic E-state index is 0.0519. The van der Waals surface area contributed by atoms with E-state index < -0.39 is 0 Å². The molecular formula is C55H38. The van der Waals surface area contributed by atoms with Crippen molar-refractivity contribution < 1.29 is 0 Å². The van der Waals surface area contributed by atoms with E-state index >= 15 is 0 Å². The zero-order valence-corrected chi connectivity index (χ0v) is 31.0. The fourth-order valence-corrected chi connectivity index (χ4v) is 9.44. The minimum Gasteiger partial charge on any atom is -0.0616 e. The monoisotopic (exact) mass is 698 g/mol. The maximum atomic E-state index is 2.43. The standard InChI is InChI=1S/C55H38/c1-55(2)51-28-27-42(33-49(51)50-32-39-15-5-6-16-40(39)34-52(50)55)38-18-12-20-44(31-38)54-47-23-9-7-21-45(47)53(46-22-8-10-24-48(46)54)43-19-11-17-37(30-43)41-26-25-35-13-3-4-14-36(35)29-41/h3-34H,1-2H3. The van der Waals surface area contributed by atoms with Crippen molar-refractivity contribution in [2.45, 2.75) is 19.3 Å². The molecule has 0 radical (unpaired) electrons. The molecule has 0 amide bonds. The Bertz CT molecular complexity index is 3120. The maximum Gasteiger partial charge on any atom is 0.0159 e. The molecule has 258 valence electrons. The van der Waals surface area contributed by atoms with Crippen LogP contribution in [0.1, 0.15) is 25.0 Å². The molecule has 10 aromatic rings. The van der Waals surface area contributed by atoms with Gasteiger partial charge >= 0.3 is 0 Å². The van der Waals surface area contributed by atoms with Gasteiger partial charge in [0, 0.05) is 5.41 Å². The first-order chi connectivity index (χ1) is 27.0. The Balaban J connectivity index is 1.06. The second-order valence-corrected chi connectivity index (χ2v) is 15.7. The van der Waals surface area contributed by atoms with Gasteiger partial charge in [-0.2, -0.15) is 0 Å². The summed E-state index contributed by atoms with van der Waals surface area (Å²) in [4.78, 5) is 0. The van der Waals surface area contributed by atoms with E-state index in [0.717, 1.165) is 0 Å². The summed E-state index contributed by atoms with van der Waals surface area (Å²) in [6.45, 7) is 4.73. The first-order valence-corrected chi connectivity index (χ1v) is 19.3. The topological polar surface area (TPSA) is 0 Å². The molecule has 11 rings (SSSR count). The van der Waals surface area contributed by atoms with E-state index in [1.54, 1.807) is 0 Å². The Morgan fingerprint density at radius 1 is 0.273 bits per heavy atom. The second-order valence-electron chi connectivity index (χ2n) is 15.7. The predicted octanol–water partition coefficient (Wildman–Crippen LogP) is 15.3. The molecule has 0 fully saturated rings. The zero-order chi connectivity index (χ0) is 36.7. The van der Waals surface area contributed by atoms with Crippen LogP contribution >= 0.6 is 0 Å². The Morgan fingerprint density at radius 2 is 0.691 bits per heavy atom. The number of hydrogen-bond acceptors (Lipinski definition) is 0. The molecule has 0 aliphatic heterocycles. The lowest BCUT2D eigenvalue weighted by molar-refractivity contribution is 0.661. The zero-order valence-electron chi connectivity index (χ0n) is 31.0. The number of hydrogen-bond donors (Lipinski definition) is 0. The highest BCUT2D eigenvalue weighted by atomic mass is 14.4. The number of benzene rings is 10. The highest BCUT2D eigenvalue weighted by Crippen LogP contribution is 2.51. The largest absolute Gasteiger partial charge is 0.0616 e. The van der Waals surface area contributed by atoms with Crippen molar-refractivity contribution in [3.05, 3.63) is 205 Å². The van der Waals surface area contributed by atoms with Gasteiger partial charge in [-0.15, -0.1) is 0 Å². The third-order valence-corrected chi connectivity index (χ3v) is 12.2. The van der Waals surface area contributed by atoms with Crippen LogP contribution in [-0.2, 0) is 5.41 Å². The fourth-order valence-electron chi connectivity index (χ4n) is 9.44. The maximum absolute atomic E-state index is 2.43. The normalized spacial score (nSPS) is 13.1. The highest BCUT2D eigenvalue weighted by molar-refractivity contribution is 6.21. The van der Waals surface area contributed by atoms with E-state index in [0.29, 0.717) is 0 Å². The molecule has 0 nitrogen and oxygen atoms in total. The molecule has 0 saturated carbocycles. The third-order valence-electron chi connectivity index (χ3n) is 12.2. The first kappa shape index (κ1) is 31.7. The molecule has 0 aromatic heterocycles. The van der Waals surface area contributed by atoms with Crippen LogP contribution in [0.25, 0.3) is 98.7 Å². The first-order valence-electron chi connectivity index (χ1n) is 19.3. The van der Waals surface area contributed by atoms with E-state index in [2.05, 4.69) is 208 Å². The molecular weight excluding hydrogens is 661 g/mol. The summed E-state index contributed by atoms with van der Waals surface area (Å²) in [5, 5.41) is 10.2. The molecule has 1 aliphatic rings. The van der Waals surface area contributed by atoms with E-state index in [1.807, 2.05) is 0 Å². The van der Waals surface area contributed by atoms with Gasteiger partial charge in [0.05, 0.1) is 0 Å². The van der Waals surface area contributed by atoms with Crippen molar-refractivity contribution >= 4 is 43.1 Å². The van der Waals surface area contributed by atoms with Gasteiger partial charge in [0.2, 0.25) is 0 Å². The molecule has 0 bridgehead atoms. The van der Waals surface area contributed by atoms with Gasteiger partial charge in [0.15, 0.2) is 0 Å². The van der Waals surface area contributed by atoms with Crippen molar-refractivity contribution in [3.8, 4) is 55.6 Å². The molecule has 0 heterocycles. The summed E-state index contributed by atoms with van der Waals surface area (Å²) in [5.41, 5.74) is 15.4. The number of fused-ring (bicyclic) bond motifs is 7. The molecule has 0 spiro atoms. The summed E-state index contributed by atoms with van der Waals surface area (Å²) in [6, 6.07) is 72.3. The molecule has 1 aliphatic carbocycles. The van der Waals surface area contributed by atoms with E-state index in [9.17, 15) is 0 Å². The molecule has 0 heteroatoms. The van der Waals surface area contributed by atoms with Crippen LogP contribution in [0.2, 0.25) is 0 Å². The van der Waals surface area contributed by atoms with Crippen LogP contribution < -0.4 is 0 Å². The molecule has 10 aromatic carbocycles. The Labute approximate surface area is 322 Å². The lowest BCUT2D eigenvalue weighted by Gasteiger charge is -2.22. The Kier molecular flexibility index (Phi) is 7.00. The van der Waals surface area contributed by atoms with Crippen molar-refractivity contribution in [1.29, 1.82) is 0 Å². The lowest BCUT2D eigenvalue weighted by Crippen LogP contribution is -2.14.